The van der Waals surface area contributed by atoms with E-state index in [1.165, 1.54) is 6.20 Å². The van der Waals surface area contributed by atoms with Crippen LogP contribution in [0.1, 0.15) is 36.0 Å². The highest BCUT2D eigenvalue weighted by Crippen LogP contribution is 2.25. The molecule has 0 radical (unpaired) electrons. The van der Waals surface area contributed by atoms with E-state index in [2.05, 4.69) is 4.98 Å². The number of carbonyl (C=O) groups excluding carboxylic acids is 1. The van der Waals surface area contributed by atoms with E-state index in [0.29, 0.717) is 30.8 Å². The van der Waals surface area contributed by atoms with Gasteiger partial charge in [0.15, 0.2) is 0 Å². The van der Waals surface area contributed by atoms with Crippen molar-refractivity contribution in [2.75, 3.05) is 0 Å². The Bertz CT molecular complexity index is 654. The fourth-order valence-electron chi connectivity index (χ4n) is 2.76. The summed E-state index contributed by atoms with van der Waals surface area (Å²) in [4.78, 5) is 16.4. The highest BCUT2D eigenvalue weighted by molar-refractivity contribution is 5.96. The molecule has 110 valence electrons. The molecule has 0 spiro atoms. The molecular weight excluding hydrogens is 271 g/mol. The predicted octanol–water partition coefficient (Wildman–Crippen LogP) is 2.87. The maximum atomic E-state index is 14.3. The molecule has 1 amide bonds. The molecule has 1 N–H and O–H groups in total. The molecule has 5 heteroatoms. The lowest BCUT2D eigenvalue weighted by Crippen LogP contribution is -2.37. The van der Waals surface area contributed by atoms with Crippen molar-refractivity contribution in [3.05, 3.63) is 42.1 Å². The van der Waals surface area contributed by atoms with Gasteiger partial charge in [0.25, 0.3) is 5.91 Å². The molecular formula is C16H17FN2O2. The number of aromatic nitrogens is 1. The van der Waals surface area contributed by atoms with Gasteiger partial charge >= 0.3 is 0 Å². The normalized spacial score (nSPS) is 22.2. The summed E-state index contributed by atoms with van der Waals surface area (Å²) in [6.45, 7) is 0. The maximum Gasteiger partial charge on any atom is 0.283 e. The summed E-state index contributed by atoms with van der Waals surface area (Å²) in [6.07, 6.45) is 3.10. The molecule has 2 aromatic rings. The molecule has 1 aromatic carbocycles. The van der Waals surface area contributed by atoms with Gasteiger partial charge in [0.1, 0.15) is 0 Å². The Kier molecular flexibility index (Phi) is 3.84. The third kappa shape index (κ3) is 2.88. The zero-order chi connectivity index (χ0) is 14.8. The first kappa shape index (κ1) is 13.9. The van der Waals surface area contributed by atoms with Crippen LogP contribution >= 0.6 is 0 Å². The summed E-state index contributed by atoms with van der Waals surface area (Å²) in [5, 5.41) is 10.6. The average Bonchev–Trinajstić information content (AvgIpc) is 2.54. The van der Waals surface area contributed by atoms with Crippen LogP contribution in [0.5, 0.6) is 0 Å². The molecule has 1 saturated carbocycles. The van der Waals surface area contributed by atoms with E-state index >= 15 is 0 Å². The number of para-hydroxylation sites is 1. The highest BCUT2D eigenvalue weighted by atomic mass is 19.2. The van der Waals surface area contributed by atoms with Crippen molar-refractivity contribution in [3.63, 3.8) is 0 Å². The summed E-state index contributed by atoms with van der Waals surface area (Å²) in [7, 11) is 0. The van der Waals surface area contributed by atoms with Crippen molar-refractivity contribution >= 4 is 16.8 Å². The van der Waals surface area contributed by atoms with Crippen LogP contribution in [0.3, 0.4) is 0 Å². The van der Waals surface area contributed by atoms with E-state index < -0.39 is 11.9 Å². The van der Waals surface area contributed by atoms with Gasteiger partial charge in [-0.05, 0) is 37.8 Å². The van der Waals surface area contributed by atoms with E-state index in [1.54, 1.807) is 6.07 Å². The molecule has 0 bridgehead atoms. The first-order chi connectivity index (χ1) is 10.1. The minimum absolute atomic E-state index is 0.252. The predicted molar refractivity (Wildman–Crippen MR) is 77.3 cm³/mol. The first-order valence-corrected chi connectivity index (χ1v) is 7.17. The van der Waals surface area contributed by atoms with E-state index in [1.807, 2.05) is 24.3 Å². The van der Waals surface area contributed by atoms with Crippen molar-refractivity contribution in [2.24, 2.45) is 0 Å². The molecule has 3 rings (SSSR count). The Hall–Kier alpha value is -2.01. The lowest BCUT2D eigenvalue weighted by Gasteiger charge is -2.29. The Labute approximate surface area is 122 Å². The second-order valence-electron chi connectivity index (χ2n) is 5.50. The number of benzene rings is 1. The number of fused-ring (bicyclic) bond motifs is 1. The number of hydrogen-bond donors (Lipinski definition) is 1. The number of pyridine rings is 1. The highest BCUT2D eigenvalue weighted by Gasteiger charge is 2.29. The Morgan fingerprint density at radius 3 is 2.71 bits per heavy atom. The van der Waals surface area contributed by atoms with Crippen LogP contribution in [0.4, 0.5) is 4.48 Å². The molecule has 1 fully saturated rings. The number of hydrogen-bond acceptors (Lipinski definition) is 3. The van der Waals surface area contributed by atoms with Gasteiger partial charge in [-0.3, -0.25) is 9.78 Å². The number of nitrogens with zero attached hydrogens (tertiary/aromatic N) is 2. The third-order valence-corrected chi connectivity index (χ3v) is 4.02. The van der Waals surface area contributed by atoms with Gasteiger partial charge < -0.3 is 5.11 Å². The van der Waals surface area contributed by atoms with Crippen LogP contribution in [-0.2, 0) is 0 Å². The fourth-order valence-corrected chi connectivity index (χ4v) is 2.76. The van der Waals surface area contributed by atoms with Crippen molar-refractivity contribution in [3.8, 4) is 0 Å². The first-order valence-electron chi connectivity index (χ1n) is 7.17. The van der Waals surface area contributed by atoms with E-state index in [-0.39, 0.29) is 11.7 Å². The third-order valence-electron chi connectivity index (χ3n) is 4.02. The Balaban J connectivity index is 1.79. The van der Waals surface area contributed by atoms with Crippen molar-refractivity contribution in [1.29, 1.82) is 0 Å². The lowest BCUT2D eigenvalue weighted by atomic mass is 9.93. The van der Waals surface area contributed by atoms with E-state index in [0.717, 1.165) is 10.9 Å². The molecule has 0 unspecified atom stereocenters. The van der Waals surface area contributed by atoms with Gasteiger partial charge in [-0.2, -0.15) is 5.12 Å². The summed E-state index contributed by atoms with van der Waals surface area (Å²) in [5.41, 5.74) is 1.03. The maximum absolute atomic E-state index is 14.3. The standard InChI is InChI=1S/C16H17FN2O2/c17-19(13-5-7-14(20)8-6-13)16(21)12-9-11-3-1-2-4-15(11)18-10-12/h1-4,9-10,13-14,20H,5-8H2. The summed E-state index contributed by atoms with van der Waals surface area (Å²) in [5.74, 6) is -0.658. The van der Waals surface area contributed by atoms with Crippen LogP contribution < -0.4 is 0 Å². The summed E-state index contributed by atoms with van der Waals surface area (Å²) < 4.78 is 14.3. The van der Waals surface area contributed by atoms with Crippen molar-refractivity contribution in [1.82, 2.24) is 10.1 Å². The van der Waals surface area contributed by atoms with Gasteiger partial charge in [0, 0.05) is 11.6 Å². The number of aliphatic hydroxyl groups excluding tert-OH is 1. The monoisotopic (exact) mass is 288 g/mol. The van der Waals surface area contributed by atoms with Crippen LogP contribution in [0.25, 0.3) is 10.9 Å². The second kappa shape index (κ2) is 5.77. The molecule has 0 atom stereocenters. The molecule has 0 saturated heterocycles. The van der Waals surface area contributed by atoms with Gasteiger partial charge in [0.05, 0.1) is 23.2 Å². The van der Waals surface area contributed by atoms with Crippen molar-refractivity contribution in [2.45, 2.75) is 37.8 Å². The quantitative estimate of drug-likeness (QED) is 0.865. The van der Waals surface area contributed by atoms with E-state index in [4.69, 9.17) is 0 Å². The van der Waals surface area contributed by atoms with Gasteiger partial charge in [-0.1, -0.05) is 22.7 Å². The summed E-state index contributed by atoms with van der Waals surface area (Å²) >= 11 is 0. The number of aliphatic hydroxyl groups is 1. The average molecular weight is 288 g/mol. The van der Waals surface area contributed by atoms with Crippen LogP contribution in [0.15, 0.2) is 36.5 Å². The minimum Gasteiger partial charge on any atom is -0.393 e. The smallest absolute Gasteiger partial charge is 0.283 e. The molecule has 0 aliphatic heterocycles. The van der Waals surface area contributed by atoms with Crippen LogP contribution in [-0.4, -0.2) is 33.3 Å². The lowest BCUT2D eigenvalue weighted by molar-refractivity contribution is -0.0281. The minimum atomic E-state index is -0.658. The topological polar surface area (TPSA) is 53.4 Å². The molecule has 1 aliphatic rings. The fraction of sp³-hybridized carbons (Fsp3) is 0.375. The number of carbonyl (C=O) groups is 1. The number of amides is 1. The zero-order valence-electron chi connectivity index (χ0n) is 11.6. The van der Waals surface area contributed by atoms with Gasteiger partial charge in [-0.15, -0.1) is 0 Å². The second-order valence-corrected chi connectivity index (χ2v) is 5.50. The van der Waals surface area contributed by atoms with Gasteiger partial charge in [-0.25, -0.2) is 0 Å². The van der Waals surface area contributed by atoms with Crippen LogP contribution in [0.2, 0.25) is 0 Å². The van der Waals surface area contributed by atoms with Gasteiger partial charge in [0.2, 0.25) is 0 Å². The zero-order valence-corrected chi connectivity index (χ0v) is 11.6. The molecule has 1 heterocycles. The van der Waals surface area contributed by atoms with Crippen LogP contribution in [0, 0.1) is 0 Å². The molecule has 1 aromatic heterocycles. The molecule has 4 nitrogen and oxygen atoms in total. The largest absolute Gasteiger partial charge is 0.393 e. The number of halogens is 1. The summed E-state index contributed by atoms with van der Waals surface area (Å²) in [6, 6.07) is 8.62. The SMILES string of the molecule is O=C(c1cnc2ccccc2c1)N(F)C1CCC(O)CC1. The molecule has 1 aliphatic carbocycles. The van der Waals surface area contributed by atoms with E-state index in [9.17, 15) is 14.4 Å². The molecule has 21 heavy (non-hydrogen) atoms. The Morgan fingerprint density at radius 1 is 1.24 bits per heavy atom. The number of rotatable bonds is 2. The van der Waals surface area contributed by atoms with Crippen molar-refractivity contribution < 1.29 is 14.4 Å². The Morgan fingerprint density at radius 2 is 1.95 bits per heavy atom.